The van der Waals surface area contributed by atoms with E-state index >= 15 is 0 Å². The van der Waals surface area contributed by atoms with Crippen molar-refractivity contribution in [2.75, 3.05) is 5.32 Å². The quantitative estimate of drug-likeness (QED) is 0.707. The van der Waals surface area contributed by atoms with Crippen LogP contribution in [0.5, 0.6) is 0 Å². The number of aromatic nitrogens is 2. The lowest BCUT2D eigenvalue weighted by Crippen LogP contribution is -2.15. The second-order valence-corrected chi connectivity index (χ2v) is 6.33. The molecule has 3 aromatic rings. The Hall–Kier alpha value is -1.85. The number of imidazole rings is 1. The molecular weight excluding hydrogens is 366 g/mol. The van der Waals surface area contributed by atoms with Crippen LogP contribution in [-0.4, -0.2) is 15.3 Å². The van der Waals surface area contributed by atoms with Crippen molar-refractivity contribution in [2.45, 2.75) is 13.8 Å². The standard InChI is InChI=1S/C16H13BrClN3O/c1-9-7-12(3-4-13(9)17)20-16(22)15-10(2)19-14-8-11(18)5-6-21(14)15/h3-8H,1-2H3,(H,20,22). The molecule has 1 amide bonds. The predicted molar refractivity (Wildman–Crippen MR) is 91.8 cm³/mol. The first-order valence-electron chi connectivity index (χ1n) is 6.67. The van der Waals surface area contributed by atoms with Crippen LogP contribution in [0.15, 0.2) is 41.0 Å². The lowest BCUT2D eigenvalue weighted by Gasteiger charge is -2.08. The number of anilines is 1. The first-order chi connectivity index (χ1) is 10.5. The maximum atomic E-state index is 12.6. The van der Waals surface area contributed by atoms with Crippen LogP contribution in [0.1, 0.15) is 21.7 Å². The van der Waals surface area contributed by atoms with E-state index in [1.807, 2.05) is 32.0 Å². The molecule has 0 unspecified atom stereocenters. The summed E-state index contributed by atoms with van der Waals surface area (Å²) < 4.78 is 2.74. The van der Waals surface area contributed by atoms with Crippen molar-refractivity contribution in [1.82, 2.24) is 9.38 Å². The number of amides is 1. The number of pyridine rings is 1. The first-order valence-corrected chi connectivity index (χ1v) is 7.84. The Kier molecular flexibility index (Phi) is 3.93. The zero-order valence-electron chi connectivity index (χ0n) is 12.0. The van der Waals surface area contributed by atoms with Gasteiger partial charge in [-0.15, -0.1) is 0 Å². The highest BCUT2D eigenvalue weighted by molar-refractivity contribution is 9.10. The van der Waals surface area contributed by atoms with Crippen LogP contribution in [0, 0.1) is 13.8 Å². The monoisotopic (exact) mass is 377 g/mol. The van der Waals surface area contributed by atoms with Crippen molar-refractivity contribution < 1.29 is 4.79 Å². The summed E-state index contributed by atoms with van der Waals surface area (Å²) in [5, 5.41) is 3.50. The Balaban J connectivity index is 1.98. The minimum Gasteiger partial charge on any atom is -0.321 e. The maximum Gasteiger partial charge on any atom is 0.274 e. The summed E-state index contributed by atoms with van der Waals surface area (Å²) in [4.78, 5) is 17.0. The van der Waals surface area contributed by atoms with E-state index in [4.69, 9.17) is 11.6 Å². The summed E-state index contributed by atoms with van der Waals surface area (Å²) in [6, 6.07) is 9.14. The van der Waals surface area contributed by atoms with E-state index in [0.29, 0.717) is 22.1 Å². The Bertz CT molecular complexity index is 888. The fraction of sp³-hybridized carbons (Fsp3) is 0.125. The minimum absolute atomic E-state index is 0.200. The zero-order valence-corrected chi connectivity index (χ0v) is 14.4. The summed E-state index contributed by atoms with van der Waals surface area (Å²) in [7, 11) is 0. The third-order valence-electron chi connectivity index (χ3n) is 3.39. The third-order valence-corrected chi connectivity index (χ3v) is 4.52. The van der Waals surface area contributed by atoms with Gasteiger partial charge >= 0.3 is 0 Å². The van der Waals surface area contributed by atoms with Crippen molar-refractivity contribution in [1.29, 1.82) is 0 Å². The highest BCUT2D eigenvalue weighted by atomic mass is 79.9. The number of nitrogens with one attached hydrogen (secondary N) is 1. The summed E-state index contributed by atoms with van der Waals surface area (Å²) >= 11 is 9.41. The normalized spacial score (nSPS) is 10.9. The number of benzene rings is 1. The molecule has 0 atom stereocenters. The van der Waals surface area contributed by atoms with Gasteiger partial charge in [-0.25, -0.2) is 4.98 Å². The van der Waals surface area contributed by atoms with E-state index in [9.17, 15) is 4.79 Å². The molecule has 1 aromatic carbocycles. The van der Waals surface area contributed by atoms with Gasteiger partial charge in [0, 0.05) is 27.4 Å². The lowest BCUT2D eigenvalue weighted by molar-refractivity contribution is 0.102. The van der Waals surface area contributed by atoms with Gasteiger partial charge in [0.1, 0.15) is 11.3 Å². The van der Waals surface area contributed by atoms with Gasteiger partial charge in [-0.05, 0) is 43.7 Å². The van der Waals surface area contributed by atoms with E-state index in [1.54, 1.807) is 22.7 Å². The number of carbonyl (C=O) groups is 1. The number of hydrogen-bond acceptors (Lipinski definition) is 2. The Morgan fingerprint density at radius 1 is 1.27 bits per heavy atom. The smallest absolute Gasteiger partial charge is 0.274 e. The highest BCUT2D eigenvalue weighted by Gasteiger charge is 2.17. The highest BCUT2D eigenvalue weighted by Crippen LogP contribution is 2.22. The number of hydrogen-bond donors (Lipinski definition) is 1. The molecule has 0 saturated carbocycles. The van der Waals surface area contributed by atoms with Crippen molar-refractivity contribution in [3.8, 4) is 0 Å². The molecule has 0 saturated heterocycles. The van der Waals surface area contributed by atoms with Crippen LogP contribution in [0.25, 0.3) is 5.65 Å². The second-order valence-electron chi connectivity index (χ2n) is 5.04. The van der Waals surface area contributed by atoms with Crippen LogP contribution in [-0.2, 0) is 0 Å². The molecule has 2 aromatic heterocycles. The van der Waals surface area contributed by atoms with Crippen molar-refractivity contribution in [3.05, 3.63) is 63.0 Å². The Morgan fingerprint density at radius 3 is 2.77 bits per heavy atom. The summed E-state index contributed by atoms with van der Waals surface area (Å²) in [5.41, 5.74) is 3.62. The van der Waals surface area contributed by atoms with Crippen LogP contribution in [0.4, 0.5) is 5.69 Å². The van der Waals surface area contributed by atoms with Crippen molar-refractivity contribution in [3.63, 3.8) is 0 Å². The first kappa shape index (κ1) is 15.1. The molecule has 1 N–H and O–H groups in total. The van der Waals surface area contributed by atoms with E-state index < -0.39 is 0 Å². The van der Waals surface area contributed by atoms with Crippen molar-refractivity contribution >= 4 is 44.8 Å². The molecule has 0 radical (unpaired) electrons. The topological polar surface area (TPSA) is 46.4 Å². The molecule has 112 valence electrons. The maximum absolute atomic E-state index is 12.6. The van der Waals surface area contributed by atoms with Crippen molar-refractivity contribution in [2.24, 2.45) is 0 Å². The molecule has 0 aliphatic carbocycles. The van der Waals surface area contributed by atoms with E-state index in [1.165, 1.54) is 0 Å². The van der Waals surface area contributed by atoms with Gasteiger partial charge < -0.3 is 5.32 Å². The van der Waals surface area contributed by atoms with Crippen LogP contribution >= 0.6 is 27.5 Å². The molecule has 0 spiro atoms. The molecule has 0 aliphatic rings. The van der Waals surface area contributed by atoms with E-state index in [-0.39, 0.29) is 5.91 Å². The van der Waals surface area contributed by atoms with Gasteiger partial charge in [-0.1, -0.05) is 27.5 Å². The van der Waals surface area contributed by atoms with Gasteiger partial charge in [0.15, 0.2) is 0 Å². The average Bonchev–Trinajstić information content (AvgIpc) is 2.78. The second kappa shape index (κ2) is 5.74. The third kappa shape index (κ3) is 2.74. The summed E-state index contributed by atoms with van der Waals surface area (Å²) in [6.07, 6.45) is 1.75. The zero-order chi connectivity index (χ0) is 15.9. The number of aryl methyl sites for hydroxylation is 2. The Morgan fingerprint density at radius 2 is 2.05 bits per heavy atom. The number of fused-ring (bicyclic) bond motifs is 1. The lowest BCUT2D eigenvalue weighted by atomic mass is 10.2. The number of nitrogens with zero attached hydrogens (tertiary/aromatic N) is 2. The van der Waals surface area contributed by atoms with Crippen LogP contribution in [0.2, 0.25) is 5.02 Å². The number of rotatable bonds is 2. The predicted octanol–water partition coefficient (Wildman–Crippen LogP) is 4.62. The number of carbonyl (C=O) groups excluding carboxylic acids is 1. The minimum atomic E-state index is -0.200. The summed E-state index contributed by atoms with van der Waals surface area (Å²) in [6.45, 7) is 3.78. The molecule has 3 rings (SSSR count). The van der Waals surface area contributed by atoms with Gasteiger partial charge in [0.05, 0.1) is 5.69 Å². The van der Waals surface area contributed by atoms with E-state index in [0.717, 1.165) is 15.7 Å². The van der Waals surface area contributed by atoms with Gasteiger partial charge in [-0.2, -0.15) is 0 Å². The van der Waals surface area contributed by atoms with E-state index in [2.05, 4.69) is 26.2 Å². The van der Waals surface area contributed by atoms with Crippen LogP contribution in [0.3, 0.4) is 0 Å². The molecule has 4 nitrogen and oxygen atoms in total. The molecule has 0 aliphatic heterocycles. The largest absolute Gasteiger partial charge is 0.321 e. The molecule has 0 fully saturated rings. The van der Waals surface area contributed by atoms with Crippen LogP contribution < -0.4 is 5.32 Å². The molecular formula is C16H13BrClN3O. The molecule has 0 bridgehead atoms. The molecule has 6 heteroatoms. The number of halogens is 2. The summed E-state index contributed by atoms with van der Waals surface area (Å²) in [5.74, 6) is -0.200. The SMILES string of the molecule is Cc1cc(NC(=O)c2c(C)nc3cc(Cl)ccn23)ccc1Br. The Labute approximate surface area is 141 Å². The van der Waals surface area contributed by atoms with Gasteiger partial charge in [-0.3, -0.25) is 9.20 Å². The fourth-order valence-electron chi connectivity index (χ4n) is 2.32. The molecule has 2 heterocycles. The van der Waals surface area contributed by atoms with Gasteiger partial charge in [0.2, 0.25) is 0 Å². The fourth-order valence-corrected chi connectivity index (χ4v) is 2.72. The average molecular weight is 379 g/mol. The molecule has 22 heavy (non-hydrogen) atoms. The van der Waals surface area contributed by atoms with Gasteiger partial charge in [0.25, 0.3) is 5.91 Å².